The molecule has 2 amide bonds. The van der Waals surface area contributed by atoms with Crippen LogP contribution in [0.15, 0.2) is 29.1 Å². The molecule has 2 aliphatic rings. The highest BCUT2D eigenvalue weighted by atomic mass is 16.2. The third-order valence-corrected chi connectivity index (χ3v) is 6.17. The van der Waals surface area contributed by atoms with E-state index >= 15 is 0 Å². The zero-order valence-corrected chi connectivity index (χ0v) is 18.2. The third-order valence-electron chi connectivity index (χ3n) is 6.17. The molecule has 0 spiro atoms. The van der Waals surface area contributed by atoms with Gasteiger partial charge in [-0.05, 0) is 49.8 Å². The molecule has 0 bridgehead atoms. The van der Waals surface area contributed by atoms with Gasteiger partial charge in [-0.25, -0.2) is 0 Å². The third kappa shape index (κ3) is 4.33. The molecule has 2 atom stereocenters. The molecule has 0 unspecified atom stereocenters. The average molecular weight is 424 g/mol. The van der Waals surface area contributed by atoms with Gasteiger partial charge in [0.15, 0.2) is 0 Å². The molecular weight excluding hydrogens is 394 g/mol. The quantitative estimate of drug-likeness (QED) is 0.699. The first-order valence-electron chi connectivity index (χ1n) is 10.9. The van der Waals surface area contributed by atoms with Crippen LogP contribution in [0.5, 0.6) is 0 Å². The Morgan fingerprint density at radius 3 is 2.61 bits per heavy atom. The number of anilines is 3. The molecule has 0 radical (unpaired) electrons. The molecule has 4 rings (SSSR count). The van der Waals surface area contributed by atoms with E-state index in [0.29, 0.717) is 17.6 Å². The normalized spacial score (nSPS) is 20.9. The summed E-state index contributed by atoms with van der Waals surface area (Å²) in [4.78, 5) is 47.7. The first kappa shape index (κ1) is 21.1. The molecule has 8 nitrogen and oxygen atoms in total. The maximum Gasteiger partial charge on any atom is 0.258 e. The van der Waals surface area contributed by atoms with E-state index in [1.165, 1.54) is 5.56 Å². The lowest BCUT2D eigenvalue weighted by Crippen LogP contribution is -2.41. The summed E-state index contributed by atoms with van der Waals surface area (Å²) >= 11 is 0. The van der Waals surface area contributed by atoms with Gasteiger partial charge in [-0.3, -0.25) is 19.4 Å². The fourth-order valence-corrected chi connectivity index (χ4v) is 4.31. The number of benzene rings is 1. The minimum atomic E-state index is -0.891. The number of aromatic nitrogens is 2. The molecule has 8 heteroatoms. The van der Waals surface area contributed by atoms with Gasteiger partial charge in [0.25, 0.3) is 5.56 Å². The topological polar surface area (TPSA) is 107 Å². The number of nitrogens with zero attached hydrogens (tertiary/aromatic N) is 2. The molecule has 3 N–H and O–H groups in total. The summed E-state index contributed by atoms with van der Waals surface area (Å²) in [6.07, 6.45) is 3.10. The second-order valence-corrected chi connectivity index (χ2v) is 8.76. The van der Waals surface area contributed by atoms with Gasteiger partial charge >= 0.3 is 0 Å². The molecule has 164 valence electrons. The summed E-state index contributed by atoms with van der Waals surface area (Å²) in [5, 5.41) is 5.53. The molecule has 1 saturated heterocycles. The van der Waals surface area contributed by atoms with Gasteiger partial charge in [0, 0.05) is 24.7 Å². The number of carbonyl (C=O) groups is 2. The highest BCUT2D eigenvalue weighted by Gasteiger charge is 2.35. The molecule has 0 aliphatic carbocycles. The van der Waals surface area contributed by atoms with Crippen molar-refractivity contribution < 1.29 is 9.59 Å². The number of rotatable bonds is 4. The van der Waals surface area contributed by atoms with E-state index in [-0.39, 0.29) is 41.2 Å². The molecule has 2 aromatic rings. The number of piperidine rings is 1. The molecule has 1 fully saturated rings. The van der Waals surface area contributed by atoms with Crippen LogP contribution in [-0.4, -0.2) is 34.4 Å². The molecule has 3 heterocycles. The van der Waals surface area contributed by atoms with Crippen LogP contribution in [0.3, 0.4) is 0 Å². The van der Waals surface area contributed by atoms with Crippen LogP contribution in [0.2, 0.25) is 0 Å². The Labute approximate surface area is 181 Å². The molecule has 1 aromatic carbocycles. The Hall–Kier alpha value is -3.16. The number of hydrogen-bond acceptors (Lipinski definition) is 5. The minimum absolute atomic E-state index is 0.0901. The maximum atomic E-state index is 13.0. The van der Waals surface area contributed by atoms with Crippen LogP contribution in [-0.2, 0) is 9.59 Å². The first-order chi connectivity index (χ1) is 14.8. The Balaban J connectivity index is 1.61. The van der Waals surface area contributed by atoms with E-state index in [1.807, 2.05) is 24.3 Å². The van der Waals surface area contributed by atoms with Gasteiger partial charge in [0.05, 0.1) is 11.5 Å². The second kappa shape index (κ2) is 8.53. The highest BCUT2D eigenvalue weighted by Crippen LogP contribution is 2.31. The fraction of sp³-hybridized carbons (Fsp3) is 0.478. The van der Waals surface area contributed by atoms with Crippen LogP contribution < -0.4 is 21.1 Å². The van der Waals surface area contributed by atoms with Crippen molar-refractivity contribution in [3.8, 4) is 0 Å². The zero-order valence-electron chi connectivity index (χ0n) is 18.2. The Morgan fingerprint density at radius 2 is 1.94 bits per heavy atom. The van der Waals surface area contributed by atoms with E-state index in [4.69, 9.17) is 0 Å². The summed E-state index contributed by atoms with van der Waals surface area (Å²) in [6.45, 7) is 7.10. The molecule has 1 aromatic heterocycles. The van der Waals surface area contributed by atoms with Gasteiger partial charge < -0.3 is 15.5 Å². The largest absolute Gasteiger partial charge is 0.340 e. The number of nitrogens with one attached hydrogen (secondary N) is 3. The van der Waals surface area contributed by atoms with Crippen LogP contribution in [0.4, 0.5) is 17.5 Å². The average Bonchev–Trinajstić information content (AvgIpc) is 2.73. The number of fused-ring (bicyclic) bond motifs is 1. The summed E-state index contributed by atoms with van der Waals surface area (Å²) in [5.41, 5.74) is 1.63. The van der Waals surface area contributed by atoms with Gasteiger partial charge in [0.2, 0.25) is 17.8 Å². The lowest BCUT2D eigenvalue weighted by atomic mass is 9.92. The van der Waals surface area contributed by atoms with Crippen LogP contribution in [0.1, 0.15) is 69.4 Å². The van der Waals surface area contributed by atoms with Gasteiger partial charge in [0.1, 0.15) is 5.82 Å². The van der Waals surface area contributed by atoms with E-state index in [1.54, 1.807) is 0 Å². The Bertz CT molecular complexity index is 1040. The van der Waals surface area contributed by atoms with E-state index < -0.39 is 5.92 Å². The fourth-order valence-electron chi connectivity index (χ4n) is 4.31. The van der Waals surface area contributed by atoms with E-state index in [2.05, 4.69) is 46.3 Å². The second-order valence-electron chi connectivity index (χ2n) is 8.76. The lowest BCUT2D eigenvalue weighted by molar-refractivity contribution is -0.123. The van der Waals surface area contributed by atoms with Crippen molar-refractivity contribution in [2.24, 2.45) is 0 Å². The lowest BCUT2D eigenvalue weighted by Gasteiger charge is -2.34. The van der Waals surface area contributed by atoms with Crippen LogP contribution >= 0.6 is 0 Å². The zero-order chi connectivity index (χ0) is 22.1. The van der Waals surface area contributed by atoms with Crippen molar-refractivity contribution in [1.29, 1.82) is 0 Å². The maximum absolute atomic E-state index is 13.0. The Kier molecular flexibility index (Phi) is 5.80. The number of hydrogen-bond donors (Lipinski definition) is 3. The predicted molar refractivity (Wildman–Crippen MR) is 121 cm³/mol. The standard InChI is InChI=1S/C23H29N5O3/c1-13(2)15-7-9-16(10-8-15)24-21(30)17-12-18(29)25-20-19(17)22(31)27-23(26-20)28-11-5-4-6-14(28)3/h7-10,13-14,17H,4-6,11-12H2,1-3H3,(H,24,30)(H2,25,26,27,29,31)/t14-,17+/m1/s1. The van der Waals surface area contributed by atoms with Crippen molar-refractivity contribution in [2.75, 3.05) is 22.1 Å². The van der Waals surface area contributed by atoms with Gasteiger partial charge in [-0.15, -0.1) is 0 Å². The SMILES string of the molecule is CC(C)c1ccc(NC(=O)[C@H]2CC(=O)Nc3nc(N4CCCC[C@H]4C)[nH]c(=O)c32)cc1. The van der Waals surface area contributed by atoms with E-state index in [0.717, 1.165) is 25.8 Å². The van der Waals surface area contributed by atoms with Crippen molar-refractivity contribution in [2.45, 2.75) is 64.3 Å². The molecular formula is C23H29N5O3. The number of aromatic amines is 1. The summed E-state index contributed by atoms with van der Waals surface area (Å²) < 4.78 is 0. The predicted octanol–water partition coefficient (Wildman–Crippen LogP) is 3.34. The summed E-state index contributed by atoms with van der Waals surface area (Å²) in [6, 6.07) is 7.84. The summed E-state index contributed by atoms with van der Waals surface area (Å²) in [7, 11) is 0. The van der Waals surface area contributed by atoms with Crippen LogP contribution in [0, 0.1) is 0 Å². The molecule has 31 heavy (non-hydrogen) atoms. The molecule has 2 aliphatic heterocycles. The highest BCUT2D eigenvalue weighted by molar-refractivity contribution is 6.04. The van der Waals surface area contributed by atoms with Gasteiger partial charge in [-0.1, -0.05) is 26.0 Å². The minimum Gasteiger partial charge on any atom is -0.340 e. The summed E-state index contributed by atoms with van der Waals surface area (Å²) in [5.74, 6) is -0.583. The van der Waals surface area contributed by atoms with Crippen LogP contribution in [0.25, 0.3) is 0 Å². The van der Waals surface area contributed by atoms with E-state index in [9.17, 15) is 14.4 Å². The Morgan fingerprint density at radius 1 is 1.19 bits per heavy atom. The molecule has 0 saturated carbocycles. The number of carbonyl (C=O) groups excluding carboxylic acids is 2. The van der Waals surface area contributed by atoms with Crippen molar-refractivity contribution in [3.63, 3.8) is 0 Å². The van der Waals surface area contributed by atoms with Crippen molar-refractivity contribution in [1.82, 2.24) is 9.97 Å². The number of H-pyrrole nitrogens is 1. The van der Waals surface area contributed by atoms with Crippen molar-refractivity contribution >= 4 is 29.3 Å². The number of amides is 2. The van der Waals surface area contributed by atoms with Crippen molar-refractivity contribution in [3.05, 3.63) is 45.7 Å². The first-order valence-corrected chi connectivity index (χ1v) is 10.9. The van der Waals surface area contributed by atoms with Gasteiger partial charge in [-0.2, -0.15) is 4.98 Å². The monoisotopic (exact) mass is 423 g/mol. The smallest absolute Gasteiger partial charge is 0.258 e.